The van der Waals surface area contributed by atoms with Gasteiger partial charge in [0.2, 0.25) is 0 Å². The largest absolute Gasteiger partial charge is 0.376 e. The molecule has 0 saturated carbocycles. The molecule has 0 fully saturated rings. The average molecular weight is 391 g/mol. The number of hydrogen-bond acceptors (Lipinski definition) is 2. The van der Waals surface area contributed by atoms with E-state index >= 15 is 0 Å². The van der Waals surface area contributed by atoms with Crippen molar-refractivity contribution in [1.29, 1.82) is 0 Å². The minimum atomic E-state index is -0.320. The maximum atomic E-state index is 12.9. The molecule has 1 N–H and O–H groups in total. The fourth-order valence-electron chi connectivity index (χ4n) is 1.77. The Hall–Kier alpha value is -0.880. The lowest BCUT2D eigenvalue weighted by Crippen LogP contribution is -2.12. The van der Waals surface area contributed by atoms with Gasteiger partial charge in [0.15, 0.2) is 0 Å². The molecule has 2 nitrogen and oxygen atoms in total. The summed E-state index contributed by atoms with van der Waals surface area (Å²) in [7, 11) is 0. The van der Waals surface area contributed by atoms with Crippen molar-refractivity contribution >= 4 is 39.9 Å². The third-order valence-electron chi connectivity index (χ3n) is 2.78. The lowest BCUT2D eigenvalue weighted by molar-refractivity contribution is 0.614. The molecule has 1 heterocycles. The lowest BCUT2D eigenvalue weighted by atomic mass is 10.1. The summed E-state index contributed by atoms with van der Waals surface area (Å²) in [5, 5.41) is 4.12. The Morgan fingerprint density at radius 3 is 2.74 bits per heavy atom. The van der Waals surface area contributed by atoms with Crippen LogP contribution in [0, 0.1) is 9.39 Å². The van der Waals surface area contributed by atoms with E-state index in [1.807, 2.05) is 18.2 Å². The minimum Gasteiger partial charge on any atom is -0.376 e. The predicted molar refractivity (Wildman–Crippen MR) is 85.0 cm³/mol. The van der Waals surface area contributed by atoms with Crippen molar-refractivity contribution < 1.29 is 4.39 Å². The number of pyridine rings is 1. The first kappa shape index (κ1) is 14.5. The third kappa shape index (κ3) is 3.79. The van der Waals surface area contributed by atoms with Gasteiger partial charge < -0.3 is 5.32 Å². The third-order valence-corrected chi connectivity index (χ3v) is 3.90. The van der Waals surface area contributed by atoms with Gasteiger partial charge in [0.1, 0.15) is 5.82 Å². The quantitative estimate of drug-likeness (QED) is 0.740. The van der Waals surface area contributed by atoms with Gasteiger partial charge in [-0.05, 0) is 59.3 Å². The van der Waals surface area contributed by atoms with Crippen LogP contribution >= 0.6 is 34.2 Å². The van der Waals surface area contributed by atoms with E-state index in [9.17, 15) is 4.39 Å². The van der Waals surface area contributed by atoms with Gasteiger partial charge in [0.05, 0.1) is 17.9 Å². The molecule has 1 aromatic carbocycles. The van der Waals surface area contributed by atoms with Gasteiger partial charge in [-0.1, -0.05) is 18.5 Å². The summed E-state index contributed by atoms with van der Waals surface area (Å²) in [4.78, 5) is 4.13. The molecule has 2 aromatic rings. The Kier molecular flexibility index (Phi) is 4.99. The normalized spacial score (nSPS) is 12.2. The van der Waals surface area contributed by atoms with Gasteiger partial charge in [-0.3, -0.25) is 4.98 Å². The molecule has 0 aliphatic heterocycles. The van der Waals surface area contributed by atoms with Gasteiger partial charge in [-0.25, -0.2) is 4.39 Å². The molecule has 1 aromatic heterocycles. The van der Waals surface area contributed by atoms with Crippen molar-refractivity contribution in [3.63, 3.8) is 0 Å². The van der Waals surface area contributed by atoms with E-state index in [1.165, 1.54) is 12.3 Å². The Morgan fingerprint density at radius 2 is 2.16 bits per heavy atom. The number of aromatic nitrogens is 1. The van der Waals surface area contributed by atoms with Crippen LogP contribution in [0.25, 0.3) is 0 Å². The van der Waals surface area contributed by atoms with Crippen LogP contribution in [0.4, 0.5) is 10.1 Å². The summed E-state index contributed by atoms with van der Waals surface area (Å²) in [6.07, 6.45) is 2.10. The van der Waals surface area contributed by atoms with Crippen LogP contribution in [0.2, 0.25) is 5.02 Å². The molecular formula is C14H13ClFIN2. The zero-order chi connectivity index (χ0) is 13.8. The second-order valence-corrected chi connectivity index (χ2v) is 5.73. The Morgan fingerprint density at radius 1 is 1.37 bits per heavy atom. The van der Waals surface area contributed by atoms with Crippen molar-refractivity contribution in [2.24, 2.45) is 0 Å². The van der Waals surface area contributed by atoms with E-state index in [-0.39, 0.29) is 11.9 Å². The van der Waals surface area contributed by atoms with Crippen LogP contribution < -0.4 is 5.32 Å². The fraction of sp³-hybridized carbons (Fsp3) is 0.214. The van der Waals surface area contributed by atoms with Gasteiger partial charge in [-0.15, -0.1) is 0 Å². The summed E-state index contributed by atoms with van der Waals surface area (Å²) >= 11 is 8.17. The van der Waals surface area contributed by atoms with Gasteiger partial charge in [0.25, 0.3) is 0 Å². The number of hydrogen-bond donors (Lipinski definition) is 1. The second-order valence-electron chi connectivity index (χ2n) is 4.13. The Labute approximate surface area is 130 Å². The monoisotopic (exact) mass is 390 g/mol. The van der Waals surface area contributed by atoms with E-state index in [0.29, 0.717) is 5.02 Å². The van der Waals surface area contributed by atoms with Crippen LogP contribution in [0.3, 0.4) is 0 Å². The number of halogens is 3. The Bertz CT molecular complexity index is 560. The number of benzene rings is 1. The molecular weight excluding hydrogens is 378 g/mol. The molecule has 19 heavy (non-hydrogen) atoms. The second kappa shape index (κ2) is 6.52. The molecule has 2 rings (SSSR count). The van der Waals surface area contributed by atoms with E-state index in [4.69, 9.17) is 11.6 Å². The molecule has 1 unspecified atom stereocenters. The molecule has 0 aliphatic rings. The van der Waals surface area contributed by atoms with Crippen molar-refractivity contribution in [1.82, 2.24) is 4.98 Å². The summed E-state index contributed by atoms with van der Waals surface area (Å²) < 4.78 is 13.9. The topological polar surface area (TPSA) is 24.9 Å². The van der Waals surface area contributed by atoms with Crippen LogP contribution in [0.1, 0.15) is 25.1 Å². The molecule has 0 saturated heterocycles. The van der Waals surface area contributed by atoms with Crippen LogP contribution in [0.15, 0.2) is 36.5 Å². The SMILES string of the molecule is CCC(Nc1ccc(Cl)cc1I)c1ccc(F)cn1. The van der Waals surface area contributed by atoms with E-state index < -0.39 is 0 Å². The first-order chi connectivity index (χ1) is 9.10. The predicted octanol–water partition coefficient (Wildman–Crippen LogP) is 5.04. The number of anilines is 1. The van der Waals surface area contributed by atoms with E-state index in [2.05, 4.69) is 39.8 Å². The zero-order valence-corrected chi connectivity index (χ0v) is 13.2. The molecule has 0 bridgehead atoms. The zero-order valence-electron chi connectivity index (χ0n) is 10.3. The molecule has 0 radical (unpaired) electrons. The molecule has 0 aliphatic carbocycles. The number of nitrogens with zero attached hydrogens (tertiary/aromatic N) is 1. The smallest absolute Gasteiger partial charge is 0.141 e. The highest BCUT2D eigenvalue weighted by Crippen LogP contribution is 2.27. The number of nitrogens with one attached hydrogen (secondary N) is 1. The van der Waals surface area contributed by atoms with E-state index in [1.54, 1.807) is 6.07 Å². The van der Waals surface area contributed by atoms with Crippen molar-refractivity contribution in [3.05, 3.63) is 56.6 Å². The maximum Gasteiger partial charge on any atom is 0.141 e. The summed E-state index contributed by atoms with van der Waals surface area (Å²) in [6, 6.07) is 8.87. The summed E-state index contributed by atoms with van der Waals surface area (Å²) in [6.45, 7) is 2.06. The highest BCUT2D eigenvalue weighted by atomic mass is 127. The lowest BCUT2D eigenvalue weighted by Gasteiger charge is -2.19. The average Bonchev–Trinajstić information content (AvgIpc) is 2.39. The molecule has 0 amide bonds. The summed E-state index contributed by atoms with van der Waals surface area (Å²) in [5.74, 6) is -0.320. The number of rotatable bonds is 4. The van der Waals surface area contributed by atoms with Crippen molar-refractivity contribution in [3.8, 4) is 0 Å². The standard InChI is InChI=1S/C14H13ClFIN2/c1-2-12(14-6-4-10(16)8-18-14)19-13-5-3-9(15)7-11(13)17/h3-8,12,19H,2H2,1H3. The first-order valence-electron chi connectivity index (χ1n) is 5.93. The van der Waals surface area contributed by atoms with Crippen LogP contribution in [-0.4, -0.2) is 4.98 Å². The molecule has 0 spiro atoms. The van der Waals surface area contributed by atoms with Gasteiger partial charge in [0, 0.05) is 14.3 Å². The minimum absolute atomic E-state index is 0.0512. The molecule has 1 atom stereocenters. The van der Waals surface area contributed by atoms with E-state index in [0.717, 1.165) is 21.4 Å². The van der Waals surface area contributed by atoms with Gasteiger partial charge in [-0.2, -0.15) is 0 Å². The highest BCUT2D eigenvalue weighted by molar-refractivity contribution is 14.1. The Balaban J connectivity index is 2.21. The van der Waals surface area contributed by atoms with Gasteiger partial charge >= 0.3 is 0 Å². The molecule has 100 valence electrons. The first-order valence-corrected chi connectivity index (χ1v) is 7.39. The van der Waals surface area contributed by atoms with Crippen LogP contribution in [0.5, 0.6) is 0 Å². The summed E-state index contributed by atoms with van der Waals surface area (Å²) in [5.41, 5.74) is 1.83. The maximum absolute atomic E-state index is 12.9. The van der Waals surface area contributed by atoms with Crippen LogP contribution in [-0.2, 0) is 0 Å². The molecule has 5 heteroatoms. The highest BCUT2D eigenvalue weighted by Gasteiger charge is 2.12. The van der Waals surface area contributed by atoms with Crippen molar-refractivity contribution in [2.45, 2.75) is 19.4 Å². The van der Waals surface area contributed by atoms with Crippen molar-refractivity contribution in [2.75, 3.05) is 5.32 Å². The fourth-order valence-corrected chi connectivity index (χ4v) is 2.80.